The first-order valence-electron chi connectivity index (χ1n) is 7.68. The van der Waals surface area contributed by atoms with Crippen LogP contribution in [0.2, 0.25) is 0 Å². The fourth-order valence-corrected chi connectivity index (χ4v) is 4.49. The lowest BCUT2D eigenvalue weighted by Gasteiger charge is -2.23. The van der Waals surface area contributed by atoms with E-state index in [0.29, 0.717) is 33.5 Å². The molecule has 2 heterocycles. The fourth-order valence-electron chi connectivity index (χ4n) is 3.31. The van der Waals surface area contributed by atoms with Crippen LogP contribution < -0.4 is 0 Å². The zero-order valence-corrected chi connectivity index (χ0v) is 14.2. The van der Waals surface area contributed by atoms with Crippen molar-refractivity contribution in [3.8, 4) is 0 Å². The lowest BCUT2D eigenvalue weighted by Crippen LogP contribution is -2.37. The maximum atomic E-state index is 14.2. The number of hydrogen-bond acceptors (Lipinski definition) is 4. The van der Waals surface area contributed by atoms with Gasteiger partial charge in [-0.25, -0.2) is 4.39 Å². The molecule has 7 heteroatoms. The number of carbonyl (C=O) groups excluding carboxylic acids is 1. The van der Waals surface area contributed by atoms with Gasteiger partial charge in [-0.15, -0.1) is 11.3 Å². The molecule has 0 saturated carbocycles. The SMILES string of the molecule is COCc1c(C(=O)N2CCC(C(=O)O)C2C)sc2cccc(F)c12. The molecule has 2 unspecified atom stereocenters. The van der Waals surface area contributed by atoms with Gasteiger partial charge in [-0.3, -0.25) is 9.59 Å². The molecule has 1 aliphatic heterocycles. The molecule has 0 aliphatic carbocycles. The van der Waals surface area contributed by atoms with Crippen LogP contribution in [-0.4, -0.2) is 41.6 Å². The molecule has 1 saturated heterocycles. The molecular formula is C17H18FNO4S. The summed E-state index contributed by atoms with van der Waals surface area (Å²) < 4.78 is 20.1. The van der Waals surface area contributed by atoms with E-state index in [-0.39, 0.29) is 24.4 Å². The van der Waals surface area contributed by atoms with Gasteiger partial charge in [0.25, 0.3) is 5.91 Å². The van der Waals surface area contributed by atoms with E-state index in [1.54, 1.807) is 24.0 Å². The second kappa shape index (κ2) is 6.49. The van der Waals surface area contributed by atoms with Gasteiger partial charge in [0, 0.05) is 35.3 Å². The van der Waals surface area contributed by atoms with Crippen molar-refractivity contribution in [1.82, 2.24) is 4.90 Å². The molecule has 0 radical (unpaired) electrons. The molecule has 128 valence electrons. The first-order valence-corrected chi connectivity index (χ1v) is 8.50. The van der Waals surface area contributed by atoms with Crippen molar-refractivity contribution in [3.05, 3.63) is 34.5 Å². The smallest absolute Gasteiger partial charge is 0.308 e. The topological polar surface area (TPSA) is 66.8 Å². The molecule has 1 amide bonds. The Balaban J connectivity index is 2.03. The molecule has 2 aromatic rings. The van der Waals surface area contributed by atoms with E-state index in [1.165, 1.54) is 24.5 Å². The number of carboxylic acid groups (broad SMARTS) is 1. The zero-order chi connectivity index (χ0) is 17.4. The van der Waals surface area contributed by atoms with Gasteiger partial charge in [0.15, 0.2) is 0 Å². The van der Waals surface area contributed by atoms with Crippen molar-refractivity contribution < 1.29 is 23.8 Å². The number of likely N-dealkylation sites (tertiary alicyclic amines) is 1. The third kappa shape index (κ3) is 2.67. The molecule has 1 aliphatic rings. The number of benzene rings is 1. The van der Waals surface area contributed by atoms with Crippen molar-refractivity contribution >= 4 is 33.3 Å². The summed E-state index contributed by atoms with van der Waals surface area (Å²) in [6.45, 7) is 2.26. The number of carboxylic acids is 1. The highest BCUT2D eigenvalue weighted by atomic mass is 32.1. The van der Waals surface area contributed by atoms with Crippen molar-refractivity contribution in [2.45, 2.75) is 26.0 Å². The summed E-state index contributed by atoms with van der Waals surface area (Å²) in [6, 6.07) is 4.35. The summed E-state index contributed by atoms with van der Waals surface area (Å²) in [5.74, 6) is -2.09. The Kier molecular flexibility index (Phi) is 4.56. The number of nitrogens with zero attached hydrogens (tertiary/aromatic N) is 1. The van der Waals surface area contributed by atoms with Crippen molar-refractivity contribution in [1.29, 1.82) is 0 Å². The number of thiophene rings is 1. The molecular weight excluding hydrogens is 333 g/mol. The largest absolute Gasteiger partial charge is 0.481 e. The molecule has 0 bridgehead atoms. The first-order chi connectivity index (χ1) is 11.5. The Morgan fingerprint density at radius 2 is 2.21 bits per heavy atom. The van der Waals surface area contributed by atoms with Crippen LogP contribution in [0.5, 0.6) is 0 Å². The minimum atomic E-state index is -0.891. The number of amides is 1. The summed E-state index contributed by atoms with van der Waals surface area (Å²) in [7, 11) is 1.50. The molecule has 3 rings (SSSR count). The first kappa shape index (κ1) is 16.9. The molecule has 2 atom stereocenters. The van der Waals surface area contributed by atoms with E-state index in [2.05, 4.69) is 0 Å². The van der Waals surface area contributed by atoms with Crippen LogP contribution in [-0.2, 0) is 16.1 Å². The van der Waals surface area contributed by atoms with Gasteiger partial charge in [0.1, 0.15) is 5.82 Å². The molecule has 1 N–H and O–H groups in total. The summed E-state index contributed by atoms with van der Waals surface area (Å²) in [4.78, 5) is 26.2. The molecule has 24 heavy (non-hydrogen) atoms. The van der Waals surface area contributed by atoms with E-state index in [1.807, 2.05) is 0 Å². The van der Waals surface area contributed by atoms with Crippen LogP contribution >= 0.6 is 11.3 Å². The lowest BCUT2D eigenvalue weighted by molar-refractivity contribution is -0.142. The van der Waals surface area contributed by atoms with Gasteiger partial charge in [-0.2, -0.15) is 0 Å². The van der Waals surface area contributed by atoms with Crippen LogP contribution in [0.3, 0.4) is 0 Å². The van der Waals surface area contributed by atoms with Gasteiger partial charge in [0.2, 0.25) is 0 Å². The summed E-state index contributed by atoms with van der Waals surface area (Å²) in [6.07, 6.45) is 0.432. The number of methoxy groups -OCH3 is 1. The Morgan fingerprint density at radius 1 is 1.46 bits per heavy atom. The Morgan fingerprint density at radius 3 is 2.83 bits per heavy atom. The number of hydrogen-bond donors (Lipinski definition) is 1. The standard InChI is InChI=1S/C17H18FNO4S/c1-9-10(17(21)22)6-7-19(9)16(20)15-11(8-23-2)14-12(18)4-3-5-13(14)24-15/h3-5,9-10H,6-8H2,1-2H3,(H,21,22). The molecule has 0 spiro atoms. The fraction of sp³-hybridized carbons (Fsp3) is 0.412. The van der Waals surface area contributed by atoms with E-state index in [0.717, 1.165) is 0 Å². The van der Waals surface area contributed by atoms with Crippen LogP contribution in [0.15, 0.2) is 18.2 Å². The van der Waals surface area contributed by atoms with Gasteiger partial charge >= 0.3 is 5.97 Å². The Labute approximate surface area is 142 Å². The minimum Gasteiger partial charge on any atom is -0.481 e. The summed E-state index contributed by atoms with van der Waals surface area (Å²) in [5, 5.41) is 9.65. The summed E-state index contributed by atoms with van der Waals surface area (Å²) >= 11 is 1.23. The van der Waals surface area contributed by atoms with E-state index in [9.17, 15) is 19.1 Å². The zero-order valence-electron chi connectivity index (χ0n) is 13.4. The Bertz CT molecular complexity index is 803. The van der Waals surface area contributed by atoms with Gasteiger partial charge in [-0.1, -0.05) is 6.07 Å². The molecule has 5 nitrogen and oxygen atoms in total. The molecule has 1 fully saturated rings. The quantitative estimate of drug-likeness (QED) is 0.919. The number of aliphatic carboxylic acids is 1. The van der Waals surface area contributed by atoms with E-state index in [4.69, 9.17) is 4.74 Å². The summed E-state index contributed by atoms with van der Waals surface area (Å²) in [5.41, 5.74) is 0.534. The highest BCUT2D eigenvalue weighted by Crippen LogP contribution is 2.36. The van der Waals surface area contributed by atoms with Crippen LogP contribution in [0.4, 0.5) is 4.39 Å². The number of halogens is 1. The molecule has 1 aromatic heterocycles. The monoisotopic (exact) mass is 351 g/mol. The Hall–Kier alpha value is -1.99. The third-order valence-corrected chi connectivity index (χ3v) is 5.76. The maximum absolute atomic E-state index is 14.2. The number of fused-ring (bicyclic) bond motifs is 1. The normalized spacial score (nSPS) is 20.7. The number of carbonyl (C=O) groups is 2. The van der Waals surface area contributed by atoms with Gasteiger partial charge in [-0.05, 0) is 25.5 Å². The maximum Gasteiger partial charge on any atom is 0.308 e. The third-order valence-electron chi connectivity index (χ3n) is 4.58. The second-order valence-corrected chi connectivity index (χ2v) is 6.98. The predicted molar refractivity (Wildman–Crippen MR) is 88.7 cm³/mol. The van der Waals surface area contributed by atoms with Crippen molar-refractivity contribution in [3.63, 3.8) is 0 Å². The van der Waals surface area contributed by atoms with Gasteiger partial charge < -0.3 is 14.7 Å². The average molecular weight is 351 g/mol. The van der Waals surface area contributed by atoms with Crippen molar-refractivity contribution in [2.75, 3.05) is 13.7 Å². The van der Waals surface area contributed by atoms with Crippen LogP contribution in [0.1, 0.15) is 28.6 Å². The highest BCUT2D eigenvalue weighted by molar-refractivity contribution is 7.21. The van der Waals surface area contributed by atoms with Gasteiger partial charge in [0.05, 0.1) is 17.4 Å². The lowest BCUT2D eigenvalue weighted by atomic mass is 10.0. The predicted octanol–water partition coefficient (Wildman–Crippen LogP) is 3.12. The minimum absolute atomic E-state index is 0.132. The number of rotatable bonds is 4. The average Bonchev–Trinajstić information content (AvgIpc) is 3.09. The molecule has 1 aromatic carbocycles. The highest BCUT2D eigenvalue weighted by Gasteiger charge is 2.39. The van der Waals surface area contributed by atoms with E-state index >= 15 is 0 Å². The van der Waals surface area contributed by atoms with Crippen LogP contribution in [0, 0.1) is 11.7 Å². The van der Waals surface area contributed by atoms with E-state index < -0.39 is 11.9 Å². The number of ether oxygens (including phenoxy) is 1. The second-order valence-electron chi connectivity index (χ2n) is 5.93. The van der Waals surface area contributed by atoms with Crippen molar-refractivity contribution in [2.24, 2.45) is 5.92 Å². The van der Waals surface area contributed by atoms with Crippen LogP contribution in [0.25, 0.3) is 10.1 Å².